The van der Waals surface area contributed by atoms with Crippen molar-refractivity contribution in [1.82, 2.24) is 10.3 Å². The van der Waals surface area contributed by atoms with Crippen LogP contribution in [0.1, 0.15) is 81.2 Å². The van der Waals surface area contributed by atoms with Gasteiger partial charge in [-0.15, -0.1) is 0 Å². The molecule has 0 spiro atoms. The van der Waals surface area contributed by atoms with Gasteiger partial charge in [-0.05, 0) is 80.1 Å². The summed E-state index contributed by atoms with van der Waals surface area (Å²) in [5.41, 5.74) is 5.68. The van der Waals surface area contributed by atoms with Crippen molar-refractivity contribution in [1.29, 1.82) is 0 Å². The molecule has 0 fully saturated rings. The lowest BCUT2D eigenvalue weighted by Crippen LogP contribution is -2.30. The van der Waals surface area contributed by atoms with Gasteiger partial charge in [-0.3, -0.25) is 20.1 Å². The minimum Gasteiger partial charge on any atom is -0.322 e. The van der Waals surface area contributed by atoms with Gasteiger partial charge >= 0.3 is 0 Å². The number of pyridine rings is 1. The maximum Gasteiger partial charge on any atom is 0.257 e. The molecule has 2 aromatic rings. The highest BCUT2D eigenvalue weighted by Gasteiger charge is 2.19. The number of aliphatic imine (C=N–C) groups is 1. The van der Waals surface area contributed by atoms with Crippen LogP contribution < -0.4 is 10.6 Å². The molecule has 1 aliphatic rings. The predicted molar refractivity (Wildman–Crippen MR) is 155 cm³/mol. The van der Waals surface area contributed by atoms with E-state index >= 15 is 0 Å². The van der Waals surface area contributed by atoms with Gasteiger partial charge in [0.05, 0.1) is 17.0 Å². The first-order valence-corrected chi connectivity index (χ1v) is 14.0. The van der Waals surface area contributed by atoms with Crippen molar-refractivity contribution in [3.8, 4) is 0 Å². The Morgan fingerprint density at radius 3 is 2.58 bits per heavy atom. The summed E-state index contributed by atoms with van der Waals surface area (Å²) in [7, 11) is 0.634. The fourth-order valence-electron chi connectivity index (χ4n) is 4.12. The van der Waals surface area contributed by atoms with Crippen LogP contribution in [0.5, 0.6) is 0 Å². The molecule has 36 heavy (non-hydrogen) atoms. The number of benzene rings is 1. The number of carbonyl (C=O) groups excluding carboxylic acids is 1. The van der Waals surface area contributed by atoms with Crippen LogP contribution in [0, 0.1) is 18.8 Å². The summed E-state index contributed by atoms with van der Waals surface area (Å²) >= 11 is 0. The fourth-order valence-corrected chi connectivity index (χ4v) is 5.53. The number of nitrogens with one attached hydrogen (secondary N) is 2. The number of rotatable bonds is 9. The van der Waals surface area contributed by atoms with E-state index in [4.69, 9.17) is 4.99 Å². The maximum absolute atomic E-state index is 12.9. The lowest BCUT2D eigenvalue weighted by atomic mass is 10.0. The SMILES string of the molecule is C/C=C1/N=CC(NC(C)c2cccc(NC(=O)c3cnc(CC(C)C)c(C)c3)c2)P/C1=C\CC(C)C. The van der Waals surface area contributed by atoms with Gasteiger partial charge in [0, 0.05) is 29.8 Å². The minimum atomic E-state index is -0.140. The first-order valence-electron chi connectivity index (χ1n) is 13.0. The smallest absolute Gasteiger partial charge is 0.257 e. The van der Waals surface area contributed by atoms with Gasteiger partial charge < -0.3 is 5.32 Å². The van der Waals surface area contributed by atoms with E-state index in [1.165, 1.54) is 5.31 Å². The number of carbonyl (C=O) groups is 1. The van der Waals surface area contributed by atoms with E-state index in [1.807, 2.05) is 44.3 Å². The summed E-state index contributed by atoms with van der Waals surface area (Å²) < 4.78 is 0. The van der Waals surface area contributed by atoms with E-state index in [1.54, 1.807) is 6.20 Å². The number of aryl methyl sites for hydroxylation is 1. The fraction of sp³-hybridized carbons (Fsp3) is 0.433. The second-order valence-corrected chi connectivity index (χ2v) is 11.8. The molecule has 3 unspecified atom stereocenters. The van der Waals surface area contributed by atoms with Gasteiger partial charge in [0.15, 0.2) is 0 Å². The molecule has 192 valence electrons. The second-order valence-electron chi connectivity index (χ2n) is 10.4. The molecule has 0 saturated heterocycles. The van der Waals surface area contributed by atoms with Gasteiger partial charge in [-0.25, -0.2) is 0 Å². The first kappa shape index (κ1) is 28.0. The van der Waals surface area contributed by atoms with E-state index in [-0.39, 0.29) is 17.7 Å². The number of hydrogen-bond donors (Lipinski definition) is 2. The molecule has 0 radical (unpaired) electrons. The van der Waals surface area contributed by atoms with Crippen LogP contribution in [-0.4, -0.2) is 22.9 Å². The normalized spacial score (nSPS) is 19.5. The summed E-state index contributed by atoms with van der Waals surface area (Å²) in [6, 6.07) is 10.1. The molecule has 1 aromatic heterocycles. The molecule has 2 heterocycles. The molecule has 1 aliphatic heterocycles. The van der Waals surface area contributed by atoms with Crippen molar-refractivity contribution in [2.45, 2.75) is 73.1 Å². The summed E-state index contributed by atoms with van der Waals surface area (Å²) in [6.45, 7) is 15.1. The summed E-state index contributed by atoms with van der Waals surface area (Å²) in [6.07, 6.45) is 10.1. The van der Waals surface area contributed by atoms with Crippen LogP contribution in [0.4, 0.5) is 5.69 Å². The molecule has 3 atom stereocenters. The lowest BCUT2D eigenvalue weighted by Gasteiger charge is -2.26. The third-order valence-electron chi connectivity index (χ3n) is 6.14. The Hall–Kier alpha value is -2.62. The Labute approximate surface area is 218 Å². The quantitative estimate of drug-likeness (QED) is 0.349. The molecule has 1 aromatic carbocycles. The predicted octanol–water partition coefficient (Wildman–Crippen LogP) is 7.41. The van der Waals surface area contributed by atoms with Gasteiger partial charge in [0.25, 0.3) is 5.91 Å². The monoisotopic (exact) mass is 504 g/mol. The molecule has 0 aliphatic carbocycles. The third kappa shape index (κ3) is 7.94. The standard InChI is InChI=1S/C30H41N4OP/c1-8-26-28(13-12-19(2)3)36-29(18-32-26)33-22(7)23-10-9-11-25(16-23)34-30(35)24-15-21(6)27(31-17-24)14-20(4)5/h8-11,13,15-20,22,29,33,36H,12,14H2,1-7H3,(H,34,35)/b26-8+,28-13-. The maximum atomic E-state index is 12.9. The molecule has 2 N–H and O–H groups in total. The van der Waals surface area contributed by atoms with Gasteiger partial charge in [-0.1, -0.05) is 60.6 Å². The van der Waals surface area contributed by atoms with Crippen LogP contribution in [0.25, 0.3) is 0 Å². The van der Waals surface area contributed by atoms with Gasteiger partial charge in [0.2, 0.25) is 0 Å². The number of nitrogens with zero attached hydrogens (tertiary/aromatic N) is 2. The van der Waals surface area contributed by atoms with Crippen LogP contribution in [0.15, 0.2) is 64.7 Å². The van der Waals surface area contributed by atoms with E-state index in [2.05, 4.69) is 68.5 Å². The van der Waals surface area contributed by atoms with Gasteiger partial charge in [-0.2, -0.15) is 0 Å². The van der Waals surface area contributed by atoms with Crippen molar-refractivity contribution < 1.29 is 4.79 Å². The van der Waals surface area contributed by atoms with Crippen molar-refractivity contribution >= 4 is 26.4 Å². The largest absolute Gasteiger partial charge is 0.322 e. The number of aromatic nitrogens is 1. The molecule has 1 amide bonds. The highest BCUT2D eigenvalue weighted by molar-refractivity contribution is 7.45. The second kappa shape index (κ2) is 13.1. The Kier molecular flexibility index (Phi) is 10.2. The van der Waals surface area contributed by atoms with E-state index in [0.717, 1.165) is 41.0 Å². The zero-order chi connectivity index (χ0) is 26.2. The Balaban J connectivity index is 1.66. The van der Waals surface area contributed by atoms with Crippen molar-refractivity contribution in [2.24, 2.45) is 16.8 Å². The van der Waals surface area contributed by atoms with Crippen LogP contribution in [0.2, 0.25) is 0 Å². The first-order chi connectivity index (χ1) is 17.2. The zero-order valence-corrected chi connectivity index (χ0v) is 23.7. The van der Waals surface area contributed by atoms with Crippen molar-refractivity contribution in [2.75, 3.05) is 5.32 Å². The molecule has 0 saturated carbocycles. The molecule has 3 rings (SSSR count). The van der Waals surface area contributed by atoms with Crippen LogP contribution in [-0.2, 0) is 6.42 Å². The number of anilines is 1. The zero-order valence-electron chi connectivity index (χ0n) is 22.7. The average Bonchev–Trinajstić information content (AvgIpc) is 2.84. The molecular weight excluding hydrogens is 463 g/mol. The summed E-state index contributed by atoms with van der Waals surface area (Å²) in [4.78, 5) is 22.2. The van der Waals surface area contributed by atoms with Gasteiger partial charge in [0.1, 0.15) is 0 Å². The highest BCUT2D eigenvalue weighted by Crippen LogP contribution is 2.39. The minimum absolute atomic E-state index is 0.114. The molecular formula is C30H41N4OP. The van der Waals surface area contributed by atoms with Crippen molar-refractivity contribution in [3.63, 3.8) is 0 Å². The molecule has 0 bridgehead atoms. The van der Waals surface area contributed by atoms with E-state index in [0.29, 0.717) is 26.0 Å². The molecule has 5 nitrogen and oxygen atoms in total. The number of allylic oxidation sites excluding steroid dienone is 3. The highest BCUT2D eigenvalue weighted by atomic mass is 31.1. The molecule has 6 heteroatoms. The van der Waals surface area contributed by atoms with Crippen molar-refractivity contribution in [3.05, 3.63) is 82.1 Å². The Bertz CT molecular complexity index is 1150. The van der Waals surface area contributed by atoms with Crippen LogP contribution >= 0.6 is 8.58 Å². The summed E-state index contributed by atoms with van der Waals surface area (Å²) in [5.74, 6) is 1.22. The van der Waals surface area contributed by atoms with E-state index in [9.17, 15) is 4.79 Å². The topological polar surface area (TPSA) is 66.4 Å². The van der Waals surface area contributed by atoms with E-state index < -0.39 is 0 Å². The average molecular weight is 505 g/mol. The van der Waals surface area contributed by atoms with Crippen LogP contribution in [0.3, 0.4) is 0 Å². The Morgan fingerprint density at radius 2 is 1.92 bits per heavy atom. The number of hydrogen-bond acceptors (Lipinski definition) is 4. The lowest BCUT2D eigenvalue weighted by molar-refractivity contribution is 0.102. The Morgan fingerprint density at radius 1 is 1.14 bits per heavy atom. The third-order valence-corrected chi connectivity index (χ3v) is 7.54. The summed E-state index contributed by atoms with van der Waals surface area (Å²) in [5, 5.41) is 8.09. The number of amides is 1.